The molecule has 0 aliphatic carbocycles. The second kappa shape index (κ2) is 18.8. The summed E-state index contributed by atoms with van der Waals surface area (Å²) in [7, 11) is 0. The van der Waals surface area contributed by atoms with Gasteiger partial charge in [0.15, 0.2) is 0 Å². The molecule has 0 bridgehead atoms. The van der Waals surface area contributed by atoms with Crippen LogP contribution in [-0.4, -0.2) is 27.4 Å². The molecule has 19 aromatic rings. The Balaban J connectivity index is 0.788. The van der Waals surface area contributed by atoms with Crippen LogP contribution in [-0.2, 0) is 0 Å². The molecule has 0 unspecified atom stereocenters. The van der Waals surface area contributed by atoms with Crippen molar-refractivity contribution in [2.45, 2.75) is 6.92 Å². The van der Waals surface area contributed by atoms with Crippen LogP contribution in [0.3, 0.4) is 0 Å². The molecule has 0 aliphatic heterocycles. The Kier molecular flexibility index (Phi) is 10.4. The van der Waals surface area contributed by atoms with E-state index in [1.807, 2.05) is 6.08 Å². The maximum absolute atomic E-state index is 4.12. The number of benzene rings is 13. The fourth-order valence-corrected chi connectivity index (χ4v) is 15.4. The highest BCUT2D eigenvalue weighted by molar-refractivity contribution is 6.27. The molecular formula is C83H54N6. The van der Waals surface area contributed by atoms with Crippen molar-refractivity contribution in [3.63, 3.8) is 0 Å². The van der Waals surface area contributed by atoms with Gasteiger partial charge in [-0.15, -0.1) is 0 Å². The van der Waals surface area contributed by atoms with E-state index in [0.717, 1.165) is 45.3 Å². The van der Waals surface area contributed by atoms with E-state index in [0.29, 0.717) is 0 Å². The van der Waals surface area contributed by atoms with Gasteiger partial charge in [-0.3, -0.25) is 0 Å². The topological polar surface area (TPSA) is 29.6 Å². The third-order valence-corrected chi connectivity index (χ3v) is 19.1. The molecule has 0 aliphatic rings. The van der Waals surface area contributed by atoms with Gasteiger partial charge in [0.05, 0.1) is 60.7 Å². The quantitative estimate of drug-likeness (QED) is 0.136. The van der Waals surface area contributed by atoms with Crippen molar-refractivity contribution in [1.29, 1.82) is 0 Å². The second-order valence-corrected chi connectivity index (χ2v) is 23.7. The van der Waals surface area contributed by atoms with E-state index in [-0.39, 0.29) is 0 Å². The van der Waals surface area contributed by atoms with Crippen molar-refractivity contribution >= 4 is 137 Å². The molecule has 6 heterocycles. The molecule has 0 atom stereocenters. The fourth-order valence-electron chi connectivity index (χ4n) is 15.4. The number of allylic oxidation sites excluding steroid dienone is 2. The molecule has 89 heavy (non-hydrogen) atoms. The Bertz CT molecular complexity index is 6250. The van der Waals surface area contributed by atoms with Gasteiger partial charge in [-0.25, -0.2) is 0 Å². The van der Waals surface area contributed by atoms with E-state index >= 15 is 0 Å². The number of fused-ring (bicyclic) bond motifs is 19. The fraction of sp³-hybridized carbons (Fsp3) is 0.0120. The van der Waals surface area contributed by atoms with Crippen LogP contribution in [0.15, 0.2) is 298 Å². The highest BCUT2D eigenvalue weighted by Gasteiger charge is 2.25. The normalized spacial score (nSPS) is 12.3. The SMILES string of the molecule is C=C/C=C\c1c(C)c2c(ccc3c4ccccc4n(-c4ccc5cc(-n6c7ccccc7c7ccc8c(c9ccccc9n8-c8ccc9c(c8)c8ccccc8n9-c8ccccc8)c76)ccc5c4)c32)n1-c1ccc2c(c1)c1ccccc1n2-c1ccccc1. The largest absolute Gasteiger partial charge is 0.309 e. The minimum atomic E-state index is 1.11. The summed E-state index contributed by atoms with van der Waals surface area (Å²) in [6.45, 7) is 6.41. The Morgan fingerprint density at radius 3 is 1.10 bits per heavy atom. The van der Waals surface area contributed by atoms with E-state index in [2.05, 4.69) is 332 Å². The molecule has 6 aromatic heterocycles. The van der Waals surface area contributed by atoms with E-state index < -0.39 is 0 Å². The number of aryl methyl sites for hydroxylation is 1. The lowest BCUT2D eigenvalue weighted by atomic mass is 10.1. The predicted molar refractivity (Wildman–Crippen MR) is 376 cm³/mol. The summed E-state index contributed by atoms with van der Waals surface area (Å²) in [6.07, 6.45) is 6.16. The Hall–Kier alpha value is -11.9. The highest BCUT2D eigenvalue weighted by atomic mass is 15.0. The van der Waals surface area contributed by atoms with Gasteiger partial charge in [-0.2, -0.15) is 0 Å². The van der Waals surface area contributed by atoms with Gasteiger partial charge in [0.2, 0.25) is 0 Å². The van der Waals surface area contributed by atoms with Gasteiger partial charge in [-0.05, 0) is 157 Å². The first-order chi connectivity index (χ1) is 44.1. The van der Waals surface area contributed by atoms with Crippen molar-refractivity contribution in [2.75, 3.05) is 0 Å². The van der Waals surface area contributed by atoms with Gasteiger partial charge >= 0.3 is 0 Å². The van der Waals surface area contributed by atoms with Crippen molar-refractivity contribution in [3.05, 3.63) is 309 Å². The Morgan fingerprint density at radius 2 is 0.607 bits per heavy atom. The lowest BCUT2D eigenvalue weighted by molar-refractivity contribution is 1.10. The summed E-state index contributed by atoms with van der Waals surface area (Å²) in [4.78, 5) is 0. The number of aromatic nitrogens is 6. The zero-order valence-electron chi connectivity index (χ0n) is 48.7. The Morgan fingerprint density at radius 1 is 0.258 bits per heavy atom. The van der Waals surface area contributed by atoms with Crippen LogP contribution in [0.2, 0.25) is 0 Å². The lowest BCUT2D eigenvalue weighted by Gasteiger charge is -2.13. The van der Waals surface area contributed by atoms with Crippen molar-refractivity contribution in [2.24, 2.45) is 0 Å². The smallest absolute Gasteiger partial charge is 0.0641 e. The molecule has 0 amide bonds. The van der Waals surface area contributed by atoms with E-state index in [1.54, 1.807) is 0 Å². The van der Waals surface area contributed by atoms with Crippen molar-refractivity contribution < 1.29 is 0 Å². The minimum Gasteiger partial charge on any atom is -0.309 e. The first-order valence-corrected chi connectivity index (χ1v) is 30.6. The first kappa shape index (κ1) is 49.4. The predicted octanol–water partition coefficient (Wildman–Crippen LogP) is 21.8. The third kappa shape index (κ3) is 6.96. The zero-order chi connectivity index (χ0) is 58.6. The zero-order valence-corrected chi connectivity index (χ0v) is 48.7. The van der Waals surface area contributed by atoms with Crippen molar-refractivity contribution in [1.82, 2.24) is 27.4 Å². The lowest BCUT2D eigenvalue weighted by Crippen LogP contribution is -1.98. The molecule has 0 fully saturated rings. The monoisotopic (exact) mass is 1130 g/mol. The molecule has 19 rings (SSSR count). The molecule has 6 heteroatoms. The highest BCUT2D eigenvalue weighted by Crippen LogP contribution is 2.46. The van der Waals surface area contributed by atoms with Gasteiger partial charge < -0.3 is 27.4 Å². The minimum absolute atomic E-state index is 1.11. The molecule has 0 spiro atoms. The number of para-hydroxylation sites is 7. The number of hydrogen-bond donors (Lipinski definition) is 0. The van der Waals surface area contributed by atoms with Crippen molar-refractivity contribution in [3.8, 4) is 34.1 Å². The third-order valence-electron chi connectivity index (χ3n) is 19.1. The van der Waals surface area contributed by atoms with Crippen LogP contribution < -0.4 is 0 Å². The van der Waals surface area contributed by atoms with Gasteiger partial charge in [0.1, 0.15) is 0 Å². The van der Waals surface area contributed by atoms with Crippen LogP contribution >= 0.6 is 0 Å². The maximum atomic E-state index is 4.12. The van der Waals surface area contributed by atoms with Crippen LogP contribution in [0.1, 0.15) is 11.3 Å². The summed E-state index contributed by atoms with van der Waals surface area (Å²) in [5, 5.41) is 15.8. The first-order valence-electron chi connectivity index (χ1n) is 30.6. The average molecular weight is 1140 g/mol. The van der Waals surface area contributed by atoms with Gasteiger partial charge in [0, 0.05) is 99.1 Å². The second-order valence-electron chi connectivity index (χ2n) is 23.7. The molecule has 416 valence electrons. The average Bonchev–Trinajstić information content (AvgIpc) is 1.61. The molecule has 0 saturated heterocycles. The molecule has 13 aromatic carbocycles. The van der Waals surface area contributed by atoms with E-state index in [9.17, 15) is 0 Å². The van der Waals surface area contributed by atoms with Crippen LogP contribution in [0.4, 0.5) is 0 Å². The summed E-state index contributed by atoms with van der Waals surface area (Å²) < 4.78 is 14.7. The molecule has 0 saturated carbocycles. The molecule has 0 N–H and O–H groups in total. The summed E-state index contributed by atoms with van der Waals surface area (Å²) in [6, 6.07) is 103. The standard InChI is InChI=1S/C83H54N6/c1-3-4-30-70-52(2)80-78(86(70)59-40-44-76-68(50-59)63-27-13-16-31-71(63)84(76)55-21-7-5-8-22-55)46-42-65-61-25-11-18-33-73(61)88(82(65)80)57-38-36-54-49-58(39-37-53(54)48-57)89-74-34-19-12-26-62(74)66-43-47-79-81(83(66)89)67-29-15-20-35-75(67)87(79)60-41-45-77-69(51-60)64-28-14-17-32-72(64)85(77)56-23-9-6-10-24-56/h3-51H,1H2,2H3/b30-4-. The molecular weight excluding hydrogens is 1080 g/mol. The summed E-state index contributed by atoms with van der Waals surface area (Å²) in [5.74, 6) is 0. The van der Waals surface area contributed by atoms with Gasteiger partial charge in [-0.1, -0.05) is 170 Å². The van der Waals surface area contributed by atoms with Gasteiger partial charge in [0.25, 0.3) is 0 Å². The van der Waals surface area contributed by atoms with E-state index in [4.69, 9.17) is 0 Å². The number of hydrogen-bond acceptors (Lipinski definition) is 0. The Labute approximate surface area is 511 Å². The maximum Gasteiger partial charge on any atom is 0.0641 e. The van der Waals surface area contributed by atoms with Crippen LogP contribution in [0.25, 0.3) is 171 Å². The number of rotatable bonds is 8. The molecule has 0 radical (unpaired) electrons. The summed E-state index contributed by atoms with van der Waals surface area (Å²) >= 11 is 0. The van der Waals surface area contributed by atoms with Crippen LogP contribution in [0.5, 0.6) is 0 Å². The summed E-state index contributed by atoms with van der Waals surface area (Å²) in [5.41, 5.74) is 22.1. The number of nitrogens with zero attached hydrogens (tertiary/aromatic N) is 6. The van der Waals surface area contributed by atoms with Crippen LogP contribution in [0, 0.1) is 6.92 Å². The molecule has 6 nitrogen and oxygen atoms in total. The van der Waals surface area contributed by atoms with E-state index in [1.165, 1.54) is 131 Å².